The third kappa shape index (κ3) is 3.21. The Balaban J connectivity index is 2.20. The van der Waals surface area contributed by atoms with Crippen LogP contribution in [0.3, 0.4) is 0 Å². The van der Waals surface area contributed by atoms with Crippen molar-refractivity contribution in [2.45, 2.75) is 58.7 Å². The Bertz CT molecular complexity index is 422. The minimum Gasteiger partial charge on any atom is -0.350 e. The third-order valence-corrected chi connectivity index (χ3v) is 4.24. The highest BCUT2D eigenvalue weighted by molar-refractivity contribution is 6.33. The predicted octanol–water partition coefficient (Wildman–Crippen LogP) is 3.61. The summed E-state index contributed by atoms with van der Waals surface area (Å²) in [6.45, 7) is 8.39. The standard InChI is InChI=1S/C15H24ClN3/c1-4-13-7-6-11(3)19(13)15-14(16)8-12(10-18-15)9-17-5-2/h8,10-11,13,17H,4-7,9H2,1-3H3. The molecule has 1 saturated heterocycles. The highest BCUT2D eigenvalue weighted by atomic mass is 35.5. The van der Waals surface area contributed by atoms with Crippen LogP contribution in [0.15, 0.2) is 12.3 Å². The first-order chi connectivity index (χ1) is 9.17. The molecule has 0 spiro atoms. The number of hydrogen-bond donors (Lipinski definition) is 1. The number of nitrogens with zero attached hydrogens (tertiary/aromatic N) is 2. The second-order valence-corrected chi connectivity index (χ2v) is 5.73. The zero-order chi connectivity index (χ0) is 13.8. The molecule has 3 nitrogen and oxygen atoms in total. The average molecular weight is 282 g/mol. The number of nitrogens with one attached hydrogen (secondary N) is 1. The molecule has 1 aliphatic heterocycles. The average Bonchev–Trinajstić information content (AvgIpc) is 2.78. The minimum absolute atomic E-state index is 0.537. The van der Waals surface area contributed by atoms with Gasteiger partial charge in [-0.05, 0) is 44.4 Å². The van der Waals surface area contributed by atoms with Gasteiger partial charge in [0.2, 0.25) is 0 Å². The molecular weight excluding hydrogens is 258 g/mol. The fourth-order valence-electron chi connectivity index (χ4n) is 2.88. The lowest BCUT2D eigenvalue weighted by molar-refractivity contribution is 0.620. The number of anilines is 1. The van der Waals surface area contributed by atoms with Gasteiger partial charge in [-0.1, -0.05) is 25.4 Å². The lowest BCUT2D eigenvalue weighted by Crippen LogP contribution is -2.35. The number of aromatic nitrogens is 1. The largest absolute Gasteiger partial charge is 0.350 e. The number of halogens is 1. The van der Waals surface area contributed by atoms with Crippen LogP contribution in [0.5, 0.6) is 0 Å². The molecule has 1 N–H and O–H groups in total. The van der Waals surface area contributed by atoms with Crippen LogP contribution in [0.1, 0.15) is 45.6 Å². The molecule has 106 valence electrons. The van der Waals surface area contributed by atoms with Crippen molar-refractivity contribution in [1.29, 1.82) is 0 Å². The van der Waals surface area contributed by atoms with Gasteiger partial charge in [-0.15, -0.1) is 0 Å². The van der Waals surface area contributed by atoms with Gasteiger partial charge < -0.3 is 10.2 Å². The van der Waals surface area contributed by atoms with Crippen molar-refractivity contribution in [2.24, 2.45) is 0 Å². The topological polar surface area (TPSA) is 28.2 Å². The monoisotopic (exact) mass is 281 g/mol. The van der Waals surface area contributed by atoms with Crippen molar-refractivity contribution >= 4 is 17.4 Å². The Morgan fingerprint density at radius 1 is 1.42 bits per heavy atom. The van der Waals surface area contributed by atoms with Gasteiger partial charge >= 0.3 is 0 Å². The fraction of sp³-hybridized carbons (Fsp3) is 0.667. The lowest BCUT2D eigenvalue weighted by atomic mass is 10.1. The Hall–Kier alpha value is -0.800. The highest BCUT2D eigenvalue weighted by Crippen LogP contribution is 2.35. The first-order valence-electron chi connectivity index (χ1n) is 7.30. The molecule has 1 fully saturated rings. The molecule has 0 aromatic carbocycles. The molecule has 2 atom stereocenters. The van der Waals surface area contributed by atoms with Gasteiger partial charge in [0.05, 0.1) is 5.02 Å². The van der Waals surface area contributed by atoms with Crippen LogP contribution in [-0.4, -0.2) is 23.6 Å². The van der Waals surface area contributed by atoms with Crippen LogP contribution < -0.4 is 10.2 Å². The molecule has 0 radical (unpaired) electrons. The van der Waals surface area contributed by atoms with Gasteiger partial charge in [0.15, 0.2) is 0 Å². The van der Waals surface area contributed by atoms with E-state index in [1.165, 1.54) is 12.8 Å². The van der Waals surface area contributed by atoms with Crippen LogP contribution >= 0.6 is 11.6 Å². The first-order valence-corrected chi connectivity index (χ1v) is 7.68. The lowest BCUT2D eigenvalue weighted by Gasteiger charge is -2.30. The molecule has 0 saturated carbocycles. The smallest absolute Gasteiger partial charge is 0.147 e. The van der Waals surface area contributed by atoms with E-state index >= 15 is 0 Å². The summed E-state index contributed by atoms with van der Waals surface area (Å²) in [4.78, 5) is 7.02. The summed E-state index contributed by atoms with van der Waals surface area (Å²) in [5.74, 6) is 0.957. The molecule has 1 aliphatic rings. The molecule has 4 heteroatoms. The number of rotatable bonds is 5. The second kappa shape index (κ2) is 6.58. The minimum atomic E-state index is 0.537. The highest BCUT2D eigenvalue weighted by Gasteiger charge is 2.31. The van der Waals surface area contributed by atoms with Crippen molar-refractivity contribution in [3.8, 4) is 0 Å². The van der Waals surface area contributed by atoms with Gasteiger partial charge in [0.1, 0.15) is 5.82 Å². The van der Waals surface area contributed by atoms with E-state index in [0.29, 0.717) is 12.1 Å². The Labute approximate surface area is 121 Å². The third-order valence-electron chi connectivity index (χ3n) is 3.96. The maximum atomic E-state index is 6.44. The summed E-state index contributed by atoms with van der Waals surface area (Å²) < 4.78 is 0. The molecule has 2 rings (SSSR count). The van der Waals surface area contributed by atoms with E-state index in [1.807, 2.05) is 12.3 Å². The van der Waals surface area contributed by atoms with E-state index in [0.717, 1.165) is 35.9 Å². The molecule has 2 heterocycles. The fourth-order valence-corrected chi connectivity index (χ4v) is 3.17. The van der Waals surface area contributed by atoms with Crippen molar-refractivity contribution in [3.05, 3.63) is 22.8 Å². The zero-order valence-corrected chi connectivity index (χ0v) is 12.9. The van der Waals surface area contributed by atoms with Gasteiger partial charge in [-0.2, -0.15) is 0 Å². The van der Waals surface area contributed by atoms with E-state index in [9.17, 15) is 0 Å². The molecule has 2 unspecified atom stereocenters. The van der Waals surface area contributed by atoms with Crippen molar-refractivity contribution in [3.63, 3.8) is 0 Å². The first kappa shape index (κ1) is 14.6. The molecule has 0 amide bonds. The summed E-state index contributed by atoms with van der Waals surface area (Å²) in [7, 11) is 0. The van der Waals surface area contributed by atoms with Crippen LogP contribution in [0.25, 0.3) is 0 Å². The molecule has 0 bridgehead atoms. The summed E-state index contributed by atoms with van der Waals surface area (Å²) >= 11 is 6.44. The molecule has 0 aliphatic carbocycles. The molecule has 1 aromatic rings. The van der Waals surface area contributed by atoms with Crippen molar-refractivity contribution in [2.75, 3.05) is 11.4 Å². The summed E-state index contributed by atoms with van der Waals surface area (Å²) in [5.41, 5.74) is 1.15. The van der Waals surface area contributed by atoms with E-state index in [4.69, 9.17) is 11.6 Å². The second-order valence-electron chi connectivity index (χ2n) is 5.33. The van der Waals surface area contributed by atoms with E-state index in [-0.39, 0.29) is 0 Å². The molecule has 1 aromatic heterocycles. The van der Waals surface area contributed by atoms with Gasteiger partial charge in [0.25, 0.3) is 0 Å². The predicted molar refractivity (Wildman–Crippen MR) is 81.9 cm³/mol. The van der Waals surface area contributed by atoms with Crippen LogP contribution in [-0.2, 0) is 6.54 Å². The maximum absolute atomic E-state index is 6.44. The van der Waals surface area contributed by atoms with Crippen LogP contribution in [0.4, 0.5) is 5.82 Å². The van der Waals surface area contributed by atoms with Crippen molar-refractivity contribution < 1.29 is 0 Å². The van der Waals surface area contributed by atoms with E-state index in [2.05, 4.69) is 36.0 Å². The Morgan fingerprint density at radius 2 is 2.21 bits per heavy atom. The van der Waals surface area contributed by atoms with Gasteiger partial charge in [0, 0.05) is 24.8 Å². The number of hydrogen-bond acceptors (Lipinski definition) is 3. The van der Waals surface area contributed by atoms with E-state index in [1.54, 1.807) is 0 Å². The van der Waals surface area contributed by atoms with Crippen LogP contribution in [0, 0.1) is 0 Å². The maximum Gasteiger partial charge on any atom is 0.147 e. The zero-order valence-electron chi connectivity index (χ0n) is 12.1. The van der Waals surface area contributed by atoms with E-state index < -0.39 is 0 Å². The SMILES string of the molecule is CCNCc1cnc(N2C(C)CCC2CC)c(Cl)c1. The Morgan fingerprint density at radius 3 is 2.84 bits per heavy atom. The number of pyridine rings is 1. The van der Waals surface area contributed by atoms with Gasteiger partial charge in [-0.25, -0.2) is 4.98 Å². The normalized spacial score (nSPS) is 23.1. The molecular formula is C15H24ClN3. The van der Waals surface area contributed by atoms with Gasteiger partial charge in [-0.3, -0.25) is 0 Å². The van der Waals surface area contributed by atoms with Crippen LogP contribution in [0.2, 0.25) is 5.02 Å². The Kier molecular flexibility index (Phi) is 5.06. The summed E-state index contributed by atoms with van der Waals surface area (Å²) in [6.07, 6.45) is 5.58. The summed E-state index contributed by atoms with van der Waals surface area (Å²) in [6, 6.07) is 3.17. The molecule has 19 heavy (non-hydrogen) atoms. The quantitative estimate of drug-likeness (QED) is 0.894. The summed E-state index contributed by atoms with van der Waals surface area (Å²) in [5, 5.41) is 4.08. The van der Waals surface area contributed by atoms with Crippen molar-refractivity contribution in [1.82, 2.24) is 10.3 Å².